The van der Waals surface area contributed by atoms with Gasteiger partial charge in [-0.15, -0.1) is 11.3 Å². The maximum absolute atomic E-state index is 13.6. The minimum absolute atomic E-state index is 0.128. The summed E-state index contributed by atoms with van der Waals surface area (Å²) in [4.78, 5) is 31.6. The number of rotatable bonds is 3. The van der Waals surface area contributed by atoms with Gasteiger partial charge in [0, 0.05) is 35.4 Å². The first kappa shape index (κ1) is 21.7. The molecule has 5 rings (SSSR count). The van der Waals surface area contributed by atoms with Gasteiger partial charge in [-0.3, -0.25) is 0 Å². The van der Waals surface area contributed by atoms with E-state index in [-0.39, 0.29) is 18.7 Å². The first-order valence-electron chi connectivity index (χ1n) is 11.3. The van der Waals surface area contributed by atoms with Crippen LogP contribution in [0.4, 0.5) is 10.5 Å². The number of anilines is 1. The molecule has 33 heavy (non-hydrogen) atoms. The Hall–Kier alpha value is -3.10. The van der Waals surface area contributed by atoms with Crippen LogP contribution < -0.4 is 5.32 Å². The van der Waals surface area contributed by atoms with E-state index in [2.05, 4.69) is 41.0 Å². The Morgan fingerprint density at radius 2 is 1.97 bits per heavy atom. The van der Waals surface area contributed by atoms with Crippen molar-refractivity contribution in [3.8, 4) is 5.00 Å². The Balaban J connectivity index is 1.50. The largest absolute Gasteiger partial charge is 0.462 e. The number of esters is 1. The molecule has 7 nitrogen and oxygen atoms in total. The van der Waals surface area contributed by atoms with E-state index in [0.717, 1.165) is 25.2 Å². The highest BCUT2D eigenvalue weighted by Gasteiger charge is 2.33. The van der Waals surface area contributed by atoms with Crippen molar-refractivity contribution in [2.45, 2.75) is 39.4 Å². The van der Waals surface area contributed by atoms with Crippen molar-refractivity contribution < 1.29 is 14.3 Å². The number of hydrogen-bond donors (Lipinski definition) is 1. The van der Waals surface area contributed by atoms with Crippen LogP contribution in [0.1, 0.15) is 51.9 Å². The topological polar surface area (TPSA) is 66.8 Å². The number of carbonyl (C=O) groups excluding carboxylic acids is 2. The van der Waals surface area contributed by atoms with Gasteiger partial charge in [0.2, 0.25) is 0 Å². The first-order chi connectivity index (χ1) is 16.0. The molecule has 8 heteroatoms. The van der Waals surface area contributed by atoms with Crippen molar-refractivity contribution in [3.05, 3.63) is 69.9 Å². The van der Waals surface area contributed by atoms with Gasteiger partial charge in [-0.2, -0.15) is 0 Å². The average Bonchev–Trinajstić information content (AvgIpc) is 3.39. The Bertz CT molecular complexity index is 1210. The van der Waals surface area contributed by atoms with Crippen molar-refractivity contribution in [2.75, 3.05) is 25.5 Å². The van der Waals surface area contributed by atoms with E-state index in [9.17, 15) is 9.59 Å². The van der Waals surface area contributed by atoms with Crippen LogP contribution in [0.3, 0.4) is 0 Å². The van der Waals surface area contributed by atoms with Gasteiger partial charge in [-0.25, -0.2) is 9.59 Å². The lowest BCUT2D eigenvalue weighted by Gasteiger charge is -2.29. The molecule has 2 aliphatic heterocycles. The van der Waals surface area contributed by atoms with Crippen LogP contribution in [0.5, 0.6) is 0 Å². The van der Waals surface area contributed by atoms with Crippen LogP contribution >= 0.6 is 11.3 Å². The Kier molecular flexibility index (Phi) is 5.72. The second kappa shape index (κ2) is 8.68. The van der Waals surface area contributed by atoms with E-state index in [1.54, 1.807) is 31.2 Å². The molecule has 2 aromatic heterocycles. The van der Waals surface area contributed by atoms with Gasteiger partial charge in [0.1, 0.15) is 5.00 Å². The fourth-order valence-electron chi connectivity index (χ4n) is 4.74. The van der Waals surface area contributed by atoms with Gasteiger partial charge in [0.25, 0.3) is 0 Å². The summed E-state index contributed by atoms with van der Waals surface area (Å²) >= 11 is 1.84. The van der Waals surface area contributed by atoms with E-state index in [4.69, 9.17) is 4.74 Å². The predicted octanol–water partition coefficient (Wildman–Crippen LogP) is 4.81. The number of nitrogens with one attached hydrogen (secondary N) is 1. The molecule has 1 N–H and O–H groups in total. The highest BCUT2D eigenvalue weighted by Crippen LogP contribution is 2.41. The third kappa shape index (κ3) is 3.83. The molecule has 2 aliphatic rings. The fraction of sp³-hybridized carbons (Fsp3) is 0.360. The van der Waals surface area contributed by atoms with Crippen LogP contribution in [0.25, 0.3) is 5.00 Å². The number of benzene rings is 1. The average molecular weight is 465 g/mol. The van der Waals surface area contributed by atoms with Crippen LogP contribution in [0, 0.1) is 0 Å². The number of fused-ring (bicyclic) bond motifs is 5. The third-order valence-electron chi connectivity index (χ3n) is 6.48. The molecule has 0 unspecified atom stereocenters. The molecule has 0 aliphatic carbocycles. The molecule has 0 saturated heterocycles. The van der Waals surface area contributed by atoms with Crippen molar-refractivity contribution in [2.24, 2.45) is 0 Å². The molecule has 0 radical (unpaired) electrons. The number of aromatic nitrogens is 1. The molecule has 0 bridgehead atoms. The lowest BCUT2D eigenvalue weighted by molar-refractivity contribution is 0.0527. The normalized spacial score (nSPS) is 17.5. The zero-order chi connectivity index (χ0) is 23.1. The number of carbonyl (C=O) groups is 2. The monoisotopic (exact) mass is 464 g/mol. The number of hydrogen-bond acceptors (Lipinski definition) is 5. The second-order valence-electron chi connectivity index (χ2n) is 8.58. The standard InChI is InChI=1S/C25H28N4O3S/c1-4-32-24(30)18-8-5-6-9-20(18)26-25(31)29-14-19-17-11-13-27(3)15-22(17)33-23(19)28-12-7-10-21(28)16(29)2/h5-10,12,16H,4,11,13-15H2,1-3H3,(H,26,31)/t16-/m0/s1. The van der Waals surface area contributed by atoms with E-state index in [0.29, 0.717) is 17.8 Å². The molecule has 0 saturated carbocycles. The van der Waals surface area contributed by atoms with Crippen LogP contribution in [0.2, 0.25) is 0 Å². The van der Waals surface area contributed by atoms with Crippen molar-refractivity contribution in [1.82, 2.24) is 14.4 Å². The van der Waals surface area contributed by atoms with E-state index >= 15 is 0 Å². The molecule has 1 aromatic carbocycles. The van der Waals surface area contributed by atoms with Crippen molar-refractivity contribution >= 4 is 29.0 Å². The van der Waals surface area contributed by atoms with Gasteiger partial charge in [-0.1, -0.05) is 12.1 Å². The Morgan fingerprint density at radius 1 is 1.15 bits per heavy atom. The number of nitrogens with zero attached hydrogens (tertiary/aromatic N) is 3. The smallest absolute Gasteiger partial charge is 0.340 e. The lowest BCUT2D eigenvalue weighted by atomic mass is 10.0. The molecule has 1 atom stereocenters. The molecule has 3 aromatic rings. The number of likely N-dealkylation sites (N-methyl/N-ethyl adjacent to an activating group) is 1. The maximum Gasteiger partial charge on any atom is 0.340 e. The highest BCUT2D eigenvalue weighted by molar-refractivity contribution is 7.15. The number of ether oxygens (including phenoxy) is 1. The first-order valence-corrected chi connectivity index (χ1v) is 12.1. The molecule has 172 valence electrons. The minimum Gasteiger partial charge on any atom is -0.462 e. The quantitative estimate of drug-likeness (QED) is 0.565. The van der Waals surface area contributed by atoms with Gasteiger partial charge in [0.15, 0.2) is 0 Å². The summed E-state index contributed by atoms with van der Waals surface area (Å²) in [6.45, 7) is 6.59. The van der Waals surface area contributed by atoms with E-state index < -0.39 is 5.97 Å². The number of amides is 2. The fourth-order valence-corrected chi connectivity index (χ4v) is 6.18. The minimum atomic E-state index is -0.440. The number of thiophene rings is 1. The van der Waals surface area contributed by atoms with E-state index in [1.807, 2.05) is 22.3 Å². The van der Waals surface area contributed by atoms with Crippen LogP contribution in [-0.4, -0.2) is 46.6 Å². The molecule has 0 fully saturated rings. The summed E-state index contributed by atoms with van der Waals surface area (Å²) < 4.78 is 7.41. The van der Waals surface area contributed by atoms with Crippen molar-refractivity contribution in [1.29, 1.82) is 0 Å². The molecule has 2 amide bonds. The Morgan fingerprint density at radius 3 is 2.79 bits per heavy atom. The molecule has 4 heterocycles. The second-order valence-corrected chi connectivity index (χ2v) is 9.66. The van der Waals surface area contributed by atoms with Gasteiger partial charge in [-0.05, 0) is 57.1 Å². The number of urea groups is 1. The maximum atomic E-state index is 13.6. The zero-order valence-corrected chi connectivity index (χ0v) is 19.9. The summed E-state index contributed by atoms with van der Waals surface area (Å²) in [6, 6.07) is 10.8. The summed E-state index contributed by atoms with van der Waals surface area (Å²) in [5.41, 5.74) is 4.51. The summed E-state index contributed by atoms with van der Waals surface area (Å²) in [6.07, 6.45) is 3.08. The summed E-state index contributed by atoms with van der Waals surface area (Å²) in [7, 11) is 2.15. The lowest BCUT2D eigenvalue weighted by Crippen LogP contribution is -2.37. The third-order valence-corrected chi connectivity index (χ3v) is 7.74. The zero-order valence-electron chi connectivity index (χ0n) is 19.1. The number of para-hydroxylation sites is 1. The molecular weight excluding hydrogens is 436 g/mol. The summed E-state index contributed by atoms with van der Waals surface area (Å²) in [5, 5.41) is 4.20. The summed E-state index contributed by atoms with van der Waals surface area (Å²) in [5.74, 6) is -0.440. The predicted molar refractivity (Wildman–Crippen MR) is 129 cm³/mol. The van der Waals surface area contributed by atoms with E-state index in [1.165, 1.54) is 21.0 Å². The van der Waals surface area contributed by atoms with Gasteiger partial charge in [0.05, 0.1) is 30.4 Å². The Labute approximate surface area is 197 Å². The van der Waals surface area contributed by atoms with Gasteiger partial charge >= 0.3 is 12.0 Å². The van der Waals surface area contributed by atoms with Crippen molar-refractivity contribution in [3.63, 3.8) is 0 Å². The highest BCUT2D eigenvalue weighted by atomic mass is 32.1. The van der Waals surface area contributed by atoms with Crippen LogP contribution in [0.15, 0.2) is 42.6 Å². The molecular formula is C25H28N4O3S. The van der Waals surface area contributed by atoms with Crippen LogP contribution in [-0.2, 0) is 24.2 Å². The molecule has 0 spiro atoms. The van der Waals surface area contributed by atoms with Gasteiger partial charge < -0.3 is 24.4 Å². The SMILES string of the molecule is CCOC(=O)c1ccccc1NC(=O)N1Cc2c(sc3c2CCN(C)C3)-n2cccc2[C@@H]1C.